The van der Waals surface area contributed by atoms with Gasteiger partial charge in [-0.25, -0.2) is 13.3 Å². The molecule has 2 unspecified atom stereocenters. The molecule has 39 heavy (non-hydrogen) atoms. The molecular formula is C29H21ClFN4O3P. The molecule has 4 aromatic carbocycles. The molecule has 0 N–H and O–H groups in total. The number of aromatic nitrogens is 1. The van der Waals surface area contributed by atoms with Gasteiger partial charge in [0.15, 0.2) is 0 Å². The highest BCUT2D eigenvalue weighted by atomic mass is 35.5. The van der Waals surface area contributed by atoms with Crippen molar-refractivity contribution in [1.29, 1.82) is 0 Å². The molecule has 10 heteroatoms. The predicted molar refractivity (Wildman–Crippen MR) is 149 cm³/mol. The van der Waals surface area contributed by atoms with Crippen molar-refractivity contribution in [3.8, 4) is 11.5 Å². The zero-order valence-corrected chi connectivity index (χ0v) is 22.0. The third-order valence-electron chi connectivity index (χ3n) is 6.79. The van der Waals surface area contributed by atoms with Crippen molar-refractivity contribution in [3.63, 3.8) is 0 Å². The largest absolute Gasteiger partial charge is 0.548 e. The van der Waals surface area contributed by atoms with Crippen molar-refractivity contribution in [1.82, 2.24) is 4.34 Å². The fourth-order valence-electron chi connectivity index (χ4n) is 5.15. The molecule has 2 atom stereocenters. The van der Waals surface area contributed by atoms with Crippen LogP contribution in [0.5, 0.6) is 11.5 Å². The van der Waals surface area contributed by atoms with E-state index in [0.29, 0.717) is 39.4 Å². The van der Waals surface area contributed by atoms with Gasteiger partial charge in [-0.2, -0.15) is 0 Å². The van der Waals surface area contributed by atoms with Crippen LogP contribution in [0.3, 0.4) is 0 Å². The number of hydrogen-bond acceptors (Lipinski definition) is 4. The number of halogens is 2. The molecule has 194 valence electrons. The van der Waals surface area contributed by atoms with Crippen LogP contribution < -0.4 is 9.05 Å². The first-order valence-corrected chi connectivity index (χ1v) is 14.1. The van der Waals surface area contributed by atoms with Crippen molar-refractivity contribution in [2.45, 2.75) is 18.4 Å². The van der Waals surface area contributed by atoms with Crippen molar-refractivity contribution in [2.75, 3.05) is 0 Å². The minimum atomic E-state index is -4.10. The molecule has 0 saturated heterocycles. The summed E-state index contributed by atoms with van der Waals surface area (Å²) in [6.45, 7) is 0. The Labute approximate surface area is 228 Å². The molecule has 0 spiro atoms. The van der Waals surface area contributed by atoms with Gasteiger partial charge >= 0.3 is 7.75 Å². The molecule has 1 aliphatic rings. The Morgan fingerprint density at radius 3 is 2.21 bits per heavy atom. The molecule has 0 bridgehead atoms. The number of hydrogen-bond donors (Lipinski definition) is 0. The molecule has 7 nitrogen and oxygen atoms in total. The van der Waals surface area contributed by atoms with Crippen LogP contribution in [-0.4, -0.2) is 4.34 Å². The lowest BCUT2D eigenvalue weighted by Gasteiger charge is -2.21. The van der Waals surface area contributed by atoms with E-state index in [4.69, 9.17) is 26.2 Å². The predicted octanol–water partition coefficient (Wildman–Crippen LogP) is 9.43. The van der Waals surface area contributed by atoms with Gasteiger partial charge in [0.2, 0.25) is 0 Å². The molecule has 0 fully saturated rings. The first kappa shape index (κ1) is 25.1. The van der Waals surface area contributed by atoms with Crippen LogP contribution in [-0.2, 0) is 4.57 Å². The molecule has 5 aromatic rings. The van der Waals surface area contributed by atoms with Crippen molar-refractivity contribution >= 4 is 30.3 Å². The Bertz CT molecular complexity index is 1730. The summed E-state index contributed by atoms with van der Waals surface area (Å²) in [6, 6.07) is 26.8. The van der Waals surface area contributed by atoms with E-state index in [1.54, 1.807) is 79.0 Å². The van der Waals surface area contributed by atoms with Crippen LogP contribution in [0.4, 0.5) is 4.39 Å². The maximum Gasteiger partial charge on any atom is 0.548 e. The van der Waals surface area contributed by atoms with Crippen LogP contribution in [0.15, 0.2) is 108 Å². The third-order valence-corrected chi connectivity index (χ3v) is 8.85. The molecule has 1 aromatic heterocycles. The maximum atomic E-state index is 14.7. The first-order valence-electron chi connectivity index (χ1n) is 12.2. The highest BCUT2D eigenvalue weighted by Gasteiger charge is 2.38. The summed E-state index contributed by atoms with van der Waals surface area (Å²) >= 11 is 6.75. The molecular weight excluding hydrogens is 538 g/mol. The van der Waals surface area contributed by atoms with Gasteiger partial charge in [0.05, 0.1) is 16.6 Å². The Morgan fingerprint density at radius 2 is 1.56 bits per heavy atom. The molecule has 0 saturated carbocycles. The topological polar surface area (TPSA) is 89.2 Å². The van der Waals surface area contributed by atoms with Gasteiger partial charge in [-0.1, -0.05) is 65.2 Å². The second kappa shape index (κ2) is 10.2. The number of benzene rings is 4. The monoisotopic (exact) mass is 558 g/mol. The summed E-state index contributed by atoms with van der Waals surface area (Å²) in [4.78, 5) is 2.98. The number of para-hydroxylation sites is 2. The van der Waals surface area contributed by atoms with Crippen LogP contribution >= 0.6 is 19.3 Å². The van der Waals surface area contributed by atoms with Crippen molar-refractivity contribution in [3.05, 3.63) is 141 Å². The Morgan fingerprint density at radius 1 is 0.897 bits per heavy atom. The quantitative estimate of drug-likeness (QED) is 0.0862. The minimum absolute atomic E-state index is 0.304. The Hall–Kier alpha value is -4.22. The van der Waals surface area contributed by atoms with Gasteiger partial charge in [-0.3, -0.25) is 0 Å². The maximum absolute atomic E-state index is 14.7. The van der Waals surface area contributed by atoms with E-state index < -0.39 is 19.6 Å². The minimum Gasteiger partial charge on any atom is -0.400 e. The van der Waals surface area contributed by atoms with E-state index in [0.717, 1.165) is 11.1 Å². The lowest BCUT2D eigenvalue weighted by atomic mass is 9.92. The highest BCUT2D eigenvalue weighted by molar-refractivity contribution is 7.53. The van der Waals surface area contributed by atoms with E-state index in [-0.39, 0.29) is 5.92 Å². The average molecular weight is 559 g/mol. The second-order valence-electron chi connectivity index (χ2n) is 9.12. The van der Waals surface area contributed by atoms with Gasteiger partial charge < -0.3 is 9.05 Å². The van der Waals surface area contributed by atoms with E-state index >= 15 is 0 Å². The summed E-state index contributed by atoms with van der Waals surface area (Å²) in [5.74, 6) is 0.0197. The molecule has 0 radical (unpaired) electrons. The molecule has 1 aliphatic carbocycles. The number of azide groups is 1. The summed E-state index contributed by atoms with van der Waals surface area (Å²) < 4.78 is 42.6. The van der Waals surface area contributed by atoms with Crippen LogP contribution in [0, 0.1) is 5.82 Å². The lowest BCUT2D eigenvalue weighted by Crippen LogP contribution is -2.09. The SMILES string of the molecule is [N-]=[N+]=NC1CC(c2cn(P(=O)(Oc3ccccc3)Oc3ccccc3)c3cccc(Cl)c23)c2ccc(F)cc21. The third kappa shape index (κ3) is 4.64. The number of nitrogens with zero attached hydrogens (tertiary/aromatic N) is 4. The van der Waals surface area contributed by atoms with Gasteiger partial charge in [-0.05, 0) is 77.2 Å². The molecule has 0 aliphatic heterocycles. The zero-order chi connectivity index (χ0) is 27.0. The van der Waals surface area contributed by atoms with E-state index in [9.17, 15) is 8.96 Å². The standard InChI is InChI=1S/C29H21ClFN4O3P/c30-26-12-7-13-28-29(26)25(23-17-27(33-34-32)24-16-19(31)14-15-22(23)24)18-35(28)39(36,37-20-8-3-1-4-9-20)38-21-10-5-2-6-11-21/h1-16,18,23,27H,17H2. The van der Waals surface area contributed by atoms with Crippen LogP contribution in [0.1, 0.15) is 35.1 Å². The zero-order valence-electron chi connectivity index (χ0n) is 20.4. The smallest absolute Gasteiger partial charge is 0.400 e. The average Bonchev–Trinajstić information content (AvgIpc) is 3.50. The Balaban J connectivity index is 1.56. The molecule has 0 amide bonds. The van der Waals surface area contributed by atoms with Gasteiger partial charge in [0.25, 0.3) is 0 Å². The van der Waals surface area contributed by atoms with E-state index in [1.807, 2.05) is 12.1 Å². The van der Waals surface area contributed by atoms with Gasteiger partial charge in [-0.15, -0.1) is 0 Å². The second-order valence-corrected chi connectivity index (χ2v) is 11.3. The van der Waals surface area contributed by atoms with Gasteiger partial charge in [0, 0.05) is 22.4 Å². The Kier molecular flexibility index (Phi) is 6.53. The summed E-state index contributed by atoms with van der Waals surface area (Å²) in [6.07, 6.45) is 2.12. The molecule has 1 heterocycles. The fourth-order valence-corrected chi connectivity index (χ4v) is 7.12. The first-order chi connectivity index (χ1) is 19.0. The van der Waals surface area contributed by atoms with E-state index in [1.165, 1.54) is 16.5 Å². The lowest BCUT2D eigenvalue weighted by molar-refractivity contribution is 0.376. The number of fused-ring (bicyclic) bond motifs is 2. The van der Waals surface area contributed by atoms with Crippen LogP contribution in [0.25, 0.3) is 21.3 Å². The summed E-state index contributed by atoms with van der Waals surface area (Å²) in [5.41, 5.74) is 11.9. The van der Waals surface area contributed by atoms with Crippen LogP contribution in [0.2, 0.25) is 5.02 Å². The fraction of sp³-hybridized carbons (Fsp3) is 0.103. The molecule has 6 rings (SSSR count). The van der Waals surface area contributed by atoms with Crippen molar-refractivity contribution in [2.24, 2.45) is 5.11 Å². The highest BCUT2D eigenvalue weighted by Crippen LogP contribution is 2.55. The van der Waals surface area contributed by atoms with Crippen molar-refractivity contribution < 1.29 is 18.0 Å². The summed E-state index contributed by atoms with van der Waals surface area (Å²) in [7, 11) is -4.10. The van der Waals surface area contributed by atoms with E-state index in [2.05, 4.69) is 10.0 Å². The van der Waals surface area contributed by atoms with Gasteiger partial charge in [0.1, 0.15) is 17.3 Å². The number of rotatable bonds is 7. The summed E-state index contributed by atoms with van der Waals surface area (Å²) in [5, 5.41) is 5.03. The normalized spacial score (nSPS) is 16.5.